The number of benzene rings is 1. The monoisotopic (exact) mass is 255 g/mol. The Hall–Kier alpha value is -0.340. The van der Waals surface area contributed by atoms with Crippen molar-refractivity contribution in [3.63, 3.8) is 0 Å². The summed E-state index contributed by atoms with van der Waals surface area (Å²) in [5.74, 6) is 0.608. The first-order valence-electron chi connectivity index (χ1n) is 4.97. The number of halogens is 1. The van der Waals surface area contributed by atoms with Gasteiger partial charge in [-0.2, -0.15) is 0 Å². The predicted octanol–water partition coefficient (Wildman–Crippen LogP) is 3.67. The van der Waals surface area contributed by atoms with E-state index in [1.165, 1.54) is 5.56 Å². The Morgan fingerprint density at radius 3 is 2.43 bits per heavy atom. The zero-order chi connectivity index (χ0) is 10.8. The normalized spacial score (nSPS) is 15.6. The van der Waals surface area contributed by atoms with Crippen LogP contribution in [0.4, 0.5) is 0 Å². The minimum Gasteiger partial charge on any atom is -0.322 e. The number of hydrogen-bond acceptors (Lipinski definition) is 1. The topological polar surface area (TPSA) is 26.0 Å². The molecule has 0 saturated heterocycles. The van der Waals surface area contributed by atoms with Gasteiger partial charge in [0.05, 0.1) is 0 Å². The van der Waals surface area contributed by atoms with E-state index in [-0.39, 0.29) is 5.54 Å². The summed E-state index contributed by atoms with van der Waals surface area (Å²) < 4.78 is 1.10. The molecule has 0 aliphatic carbocycles. The summed E-state index contributed by atoms with van der Waals surface area (Å²) in [7, 11) is 0. The molecular formula is C12H18BrN. The maximum absolute atomic E-state index is 6.31. The van der Waals surface area contributed by atoms with Gasteiger partial charge in [0.2, 0.25) is 0 Å². The summed E-state index contributed by atoms with van der Waals surface area (Å²) in [6.45, 7) is 6.48. The average Bonchev–Trinajstić information content (AvgIpc) is 2.02. The molecule has 0 fully saturated rings. The minimum atomic E-state index is -0.242. The molecule has 2 N–H and O–H groups in total. The highest BCUT2D eigenvalue weighted by Crippen LogP contribution is 2.30. The van der Waals surface area contributed by atoms with Gasteiger partial charge in [0.1, 0.15) is 0 Å². The maximum Gasteiger partial charge on any atom is 0.0394 e. The van der Waals surface area contributed by atoms with Crippen molar-refractivity contribution in [1.82, 2.24) is 0 Å². The van der Waals surface area contributed by atoms with Gasteiger partial charge in [0.15, 0.2) is 0 Å². The van der Waals surface area contributed by atoms with Crippen molar-refractivity contribution in [1.29, 1.82) is 0 Å². The molecule has 2 heteroatoms. The summed E-state index contributed by atoms with van der Waals surface area (Å²) in [6.07, 6.45) is 0.996. The summed E-state index contributed by atoms with van der Waals surface area (Å²) in [6, 6.07) is 8.18. The van der Waals surface area contributed by atoms with Gasteiger partial charge in [-0.05, 0) is 30.9 Å². The van der Waals surface area contributed by atoms with Crippen molar-refractivity contribution in [2.24, 2.45) is 11.7 Å². The average molecular weight is 256 g/mol. The Morgan fingerprint density at radius 2 is 1.93 bits per heavy atom. The molecule has 1 atom stereocenters. The minimum absolute atomic E-state index is 0.242. The van der Waals surface area contributed by atoms with Crippen LogP contribution in [0, 0.1) is 5.92 Å². The van der Waals surface area contributed by atoms with Crippen molar-refractivity contribution in [3.05, 3.63) is 34.3 Å². The molecule has 0 heterocycles. The second-order valence-corrected chi connectivity index (χ2v) is 5.35. The van der Waals surface area contributed by atoms with Crippen LogP contribution in [0.2, 0.25) is 0 Å². The lowest BCUT2D eigenvalue weighted by Crippen LogP contribution is -2.34. The lowest BCUT2D eigenvalue weighted by molar-refractivity contribution is 0.379. The maximum atomic E-state index is 6.31. The first kappa shape index (κ1) is 11.7. The highest BCUT2D eigenvalue weighted by Gasteiger charge is 2.24. The van der Waals surface area contributed by atoms with Crippen molar-refractivity contribution >= 4 is 15.9 Å². The van der Waals surface area contributed by atoms with Crippen LogP contribution in [0.25, 0.3) is 0 Å². The van der Waals surface area contributed by atoms with Gasteiger partial charge in [0, 0.05) is 10.0 Å². The van der Waals surface area contributed by atoms with Gasteiger partial charge in [-0.1, -0.05) is 48.0 Å². The van der Waals surface area contributed by atoms with Crippen LogP contribution < -0.4 is 5.73 Å². The van der Waals surface area contributed by atoms with Gasteiger partial charge in [-0.25, -0.2) is 0 Å². The summed E-state index contributed by atoms with van der Waals surface area (Å²) in [5.41, 5.74) is 7.26. The van der Waals surface area contributed by atoms with E-state index in [0.717, 1.165) is 10.9 Å². The van der Waals surface area contributed by atoms with E-state index in [2.05, 4.69) is 42.8 Å². The van der Waals surface area contributed by atoms with Crippen LogP contribution in [0.5, 0.6) is 0 Å². The van der Waals surface area contributed by atoms with Gasteiger partial charge >= 0.3 is 0 Å². The van der Waals surface area contributed by atoms with Crippen molar-refractivity contribution < 1.29 is 0 Å². The Kier molecular flexibility index (Phi) is 3.73. The zero-order valence-electron chi connectivity index (χ0n) is 9.05. The van der Waals surface area contributed by atoms with Gasteiger partial charge in [-0.3, -0.25) is 0 Å². The zero-order valence-corrected chi connectivity index (χ0v) is 10.6. The molecule has 1 unspecified atom stereocenters. The molecule has 0 aromatic heterocycles. The van der Waals surface area contributed by atoms with E-state index in [1.54, 1.807) is 0 Å². The molecule has 0 saturated carbocycles. The third kappa shape index (κ3) is 2.82. The lowest BCUT2D eigenvalue weighted by Gasteiger charge is -2.28. The Labute approximate surface area is 94.8 Å². The largest absolute Gasteiger partial charge is 0.322 e. The van der Waals surface area contributed by atoms with Crippen LogP contribution in [0.15, 0.2) is 28.7 Å². The SMILES string of the molecule is CC(C)CC(C)(N)c1ccccc1Br. The highest BCUT2D eigenvalue weighted by molar-refractivity contribution is 9.10. The molecule has 14 heavy (non-hydrogen) atoms. The quantitative estimate of drug-likeness (QED) is 0.877. The standard InChI is InChI=1S/C12H18BrN/c1-9(2)8-12(3,14)10-6-4-5-7-11(10)13/h4-7,9H,8,14H2,1-3H3. The highest BCUT2D eigenvalue weighted by atomic mass is 79.9. The van der Waals surface area contributed by atoms with E-state index in [9.17, 15) is 0 Å². The second-order valence-electron chi connectivity index (χ2n) is 4.50. The number of rotatable bonds is 3. The fourth-order valence-electron chi connectivity index (χ4n) is 1.88. The molecular weight excluding hydrogens is 238 g/mol. The Bertz CT molecular complexity index is 305. The van der Waals surface area contributed by atoms with E-state index >= 15 is 0 Å². The summed E-state index contributed by atoms with van der Waals surface area (Å²) in [5, 5.41) is 0. The molecule has 1 rings (SSSR count). The second kappa shape index (κ2) is 4.45. The van der Waals surface area contributed by atoms with Gasteiger partial charge < -0.3 is 5.73 Å². The third-order valence-corrected chi connectivity index (χ3v) is 3.01. The van der Waals surface area contributed by atoms with Crippen LogP contribution in [-0.2, 0) is 5.54 Å². The Morgan fingerprint density at radius 1 is 1.36 bits per heavy atom. The molecule has 0 aliphatic rings. The fourth-order valence-corrected chi connectivity index (χ4v) is 2.62. The molecule has 1 nitrogen and oxygen atoms in total. The first-order valence-corrected chi connectivity index (χ1v) is 5.76. The molecule has 1 aromatic rings. The van der Waals surface area contributed by atoms with Crippen LogP contribution in [-0.4, -0.2) is 0 Å². The van der Waals surface area contributed by atoms with E-state index in [4.69, 9.17) is 5.73 Å². The number of hydrogen-bond donors (Lipinski definition) is 1. The van der Waals surface area contributed by atoms with Crippen LogP contribution in [0.1, 0.15) is 32.8 Å². The fraction of sp³-hybridized carbons (Fsp3) is 0.500. The first-order chi connectivity index (χ1) is 6.43. The molecule has 0 amide bonds. The summed E-state index contributed by atoms with van der Waals surface area (Å²) >= 11 is 3.54. The molecule has 0 aliphatic heterocycles. The predicted molar refractivity (Wildman–Crippen MR) is 65.1 cm³/mol. The third-order valence-electron chi connectivity index (χ3n) is 2.32. The molecule has 0 radical (unpaired) electrons. The van der Waals surface area contributed by atoms with Gasteiger partial charge in [0.25, 0.3) is 0 Å². The van der Waals surface area contributed by atoms with E-state index in [1.807, 2.05) is 18.2 Å². The summed E-state index contributed by atoms with van der Waals surface area (Å²) in [4.78, 5) is 0. The van der Waals surface area contributed by atoms with Crippen LogP contribution in [0.3, 0.4) is 0 Å². The van der Waals surface area contributed by atoms with Gasteiger partial charge in [-0.15, -0.1) is 0 Å². The van der Waals surface area contributed by atoms with Crippen molar-refractivity contribution in [3.8, 4) is 0 Å². The molecule has 0 spiro atoms. The molecule has 1 aromatic carbocycles. The Balaban J connectivity index is 2.97. The van der Waals surface area contributed by atoms with E-state index < -0.39 is 0 Å². The smallest absolute Gasteiger partial charge is 0.0394 e. The van der Waals surface area contributed by atoms with Crippen molar-refractivity contribution in [2.45, 2.75) is 32.7 Å². The van der Waals surface area contributed by atoms with Crippen molar-refractivity contribution in [2.75, 3.05) is 0 Å². The molecule has 0 bridgehead atoms. The van der Waals surface area contributed by atoms with E-state index in [0.29, 0.717) is 5.92 Å². The van der Waals surface area contributed by atoms with Crippen LogP contribution >= 0.6 is 15.9 Å². The lowest BCUT2D eigenvalue weighted by atomic mass is 9.85. The molecule has 78 valence electrons. The number of nitrogens with two attached hydrogens (primary N) is 1.